The monoisotopic (exact) mass is 302 g/mol. The second-order valence-corrected chi connectivity index (χ2v) is 7.20. The van der Waals surface area contributed by atoms with Gasteiger partial charge in [0.25, 0.3) is 5.91 Å². The first-order chi connectivity index (χ1) is 10.2. The summed E-state index contributed by atoms with van der Waals surface area (Å²) in [7, 11) is 0. The van der Waals surface area contributed by atoms with Crippen LogP contribution in [0.3, 0.4) is 0 Å². The highest BCUT2D eigenvalue weighted by Crippen LogP contribution is 2.44. The molecule has 2 bridgehead atoms. The normalized spacial score (nSPS) is 29.6. The Morgan fingerprint density at radius 1 is 1.19 bits per heavy atom. The fourth-order valence-electron chi connectivity index (χ4n) is 3.36. The summed E-state index contributed by atoms with van der Waals surface area (Å²) in [5.74, 6) is 1.03. The first kappa shape index (κ1) is 13.1. The van der Waals surface area contributed by atoms with Crippen LogP contribution in [0, 0.1) is 17.8 Å². The summed E-state index contributed by atoms with van der Waals surface area (Å²) in [6, 6.07) is 2.12. The van der Waals surface area contributed by atoms with E-state index in [4.69, 9.17) is 0 Å². The van der Waals surface area contributed by atoms with Crippen LogP contribution in [0.1, 0.15) is 36.0 Å². The Labute approximate surface area is 127 Å². The zero-order valence-electron chi connectivity index (χ0n) is 11.7. The van der Waals surface area contributed by atoms with Crippen molar-refractivity contribution < 1.29 is 9.59 Å². The molecule has 110 valence electrons. The average molecular weight is 302 g/mol. The van der Waals surface area contributed by atoms with Gasteiger partial charge < -0.3 is 10.6 Å². The topological polar surface area (TPSA) is 58.2 Å². The van der Waals surface area contributed by atoms with E-state index in [1.807, 2.05) is 5.38 Å². The maximum atomic E-state index is 12.4. The van der Waals surface area contributed by atoms with Gasteiger partial charge in [-0.05, 0) is 49.0 Å². The predicted octanol–water partition coefficient (Wildman–Crippen LogP) is 2.79. The average Bonchev–Trinajstić information content (AvgIpc) is 2.93. The molecule has 3 atom stereocenters. The molecule has 0 radical (unpaired) electrons. The van der Waals surface area contributed by atoms with Crippen molar-refractivity contribution in [1.29, 1.82) is 0 Å². The predicted molar refractivity (Wildman–Crippen MR) is 82.3 cm³/mol. The number of amides is 2. The highest BCUT2D eigenvalue weighted by Gasteiger charge is 2.40. The maximum Gasteiger partial charge on any atom is 0.254 e. The smallest absolute Gasteiger partial charge is 0.254 e. The standard InChI is InChI=1S/C16H18N2O2S/c19-14(17-11-3-4-11)12-5-6-21-16(12)18-15(20)13-8-9-1-2-10(13)7-9/h1-2,5-6,9-11,13H,3-4,7-8H2,(H,17,19)(H,18,20)/t9-,10-,13-/m0/s1. The van der Waals surface area contributed by atoms with E-state index < -0.39 is 0 Å². The van der Waals surface area contributed by atoms with Gasteiger partial charge in [-0.25, -0.2) is 0 Å². The molecule has 1 aromatic heterocycles. The minimum atomic E-state index is -0.0677. The molecule has 0 saturated heterocycles. The molecule has 21 heavy (non-hydrogen) atoms. The zero-order chi connectivity index (χ0) is 14.4. The van der Waals surface area contributed by atoms with E-state index in [0.717, 1.165) is 25.7 Å². The first-order valence-corrected chi connectivity index (χ1v) is 8.46. The number of anilines is 1. The number of hydrogen-bond acceptors (Lipinski definition) is 3. The molecule has 2 saturated carbocycles. The summed E-state index contributed by atoms with van der Waals surface area (Å²) in [6.45, 7) is 0. The number of rotatable bonds is 4. The molecule has 3 aliphatic carbocycles. The largest absolute Gasteiger partial charge is 0.349 e. The molecule has 0 aromatic carbocycles. The summed E-state index contributed by atoms with van der Waals surface area (Å²) in [5, 5.41) is 8.49. The van der Waals surface area contributed by atoms with Crippen LogP contribution in [0.4, 0.5) is 5.00 Å². The Morgan fingerprint density at radius 2 is 2.05 bits per heavy atom. The summed E-state index contributed by atoms with van der Waals surface area (Å²) >= 11 is 1.42. The van der Waals surface area contributed by atoms with E-state index in [9.17, 15) is 9.59 Å². The van der Waals surface area contributed by atoms with Crippen LogP contribution in [0.15, 0.2) is 23.6 Å². The first-order valence-electron chi connectivity index (χ1n) is 7.58. The van der Waals surface area contributed by atoms with Gasteiger partial charge in [0.05, 0.1) is 5.56 Å². The lowest BCUT2D eigenvalue weighted by Gasteiger charge is -2.17. The van der Waals surface area contributed by atoms with Gasteiger partial charge in [0, 0.05) is 12.0 Å². The van der Waals surface area contributed by atoms with E-state index in [-0.39, 0.29) is 17.7 Å². The molecule has 3 aliphatic rings. The van der Waals surface area contributed by atoms with Crippen molar-refractivity contribution in [1.82, 2.24) is 5.32 Å². The molecule has 4 nitrogen and oxygen atoms in total. The minimum Gasteiger partial charge on any atom is -0.349 e. The SMILES string of the molecule is O=C(NC1CC1)c1ccsc1NC(=O)[C@H]1C[C@H]2C=C[C@H]1C2. The van der Waals surface area contributed by atoms with Gasteiger partial charge >= 0.3 is 0 Å². The molecule has 1 aromatic rings. The third-order valence-electron chi connectivity index (χ3n) is 4.67. The molecule has 1 heterocycles. The van der Waals surface area contributed by atoms with Crippen molar-refractivity contribution in [2.75, 3.05) is 5.32 Å². The molecule has 2 amide bonds. The number of carbonyl (C=O) groups excluding carboxylic acids is 2. The number of carbonyl (C=O) groups is 2. The van der Waals surface area contributed by atoms with Gasteiger partial charge in [-0.15, -0.1) is 11.3 Å². The van der Waals surface area contributed by atoms with Crippen LogP contribution in [0.5, 0.6) is 0 Å². The van der Waals surface area contributed by atoms with Crippen molar-refractivity contribution >= 4 is 28.2 Å². The number of thiophene rings is 1. The fraction of sp³-hybridized carbons (Fsp3) is 0.500. The number of fused-ring (bicyclic) bond motifs is 2. The molecule has 4 rings (SSSR count). The molecule has 0 unspecified atom stereocenters. The number of hydrogen-bond donors (Lipinski definition) is 2. The second kappa shape index (κ2) is 4.98. The van der Waals surface area contributed by atoms with Crippen molar-refractivity contribution in [3.63, 3.8) is 0 Å². The van der Waals surface area contributed by atoms with E-state index in [1.54, 1.807) is 6.07 Å². The van der Waals surface area contributed by atoms with Crippen molar-refractivity contribution in [3.05, 3.63) is 29.2 Å². The third-order valence-corrected chi connectivity index (χ3v) is 5.50. The van der Waals surface area contributed by atoms with Gasteiger partial charge in [0.1, 0.15) is 5.00 Å². The van der Waals surface area contributed by atoms with Gasteiger partial charge in [0.2, 0.25) is 5.91 Å². The lowest BCUT2D eigenvalue weighted by atomic mass is 9.93. The van der Waals surface area contributed by atoms with E-state index in [0.29, 0.717) is 28.4 Å². The number of nitrogens with one attached hydrogen (secondary N) is 2. The third kappa shape index (κ3) is 2.50. The molecule has 2 N–H and O–H groups in total. The lowest BCUT2D eigenvalue weighted by Crippen LogP contribution is -2.28. The Balaban J connectivity index is 1.44. The van der Waals surface area contributed by atoms with E-state index in [2.05, 4.69) is 22.8 Å². The summed E-state index contributed by atoms with van der Waals surface area (Å²) in [6.07, 6.45) is 8.59. The van der Waals surface area contributed by atoms with Gasteiger partial charge in [-0.3, -0.25) is 9.59 Å². The van der Waals surface area contributed by atoms with Crippen LogP contribution in [-0.2, 0) is 4.79 Å². The Morgan fingerprint density at radius 3 is 2.71 bits per heavy atom. The van der Waals surface area contributed by atoms with Crippen molar-refractivity contribution in [2.24, 2.45) is 17.8 Å². The quantitative estimate of drug-likeness (QED) is 0.840. The Hall–Kier alpha value is -1.62. The van der Waals surface area contributed by atoms with Crippen molar-refractivity contribution in [3.8, 4) is 0 Å². The highest BCUT2D eigenvalue weighted by molar-refractivity contribution is 7.14. The summed E-state index contributed by atoms with van der Waals surface area (Å²) in [4.78, 5) is 24.6. The molecule has 0 aliphatic heterocycles. The number of allylic oxidation sites excluding steroid dienone is 2. The molecule has 5 heteroatoms. The highest BCUT2D eigenvalue weighted by atomic mass is 32.1. The Kier molecular flexibility index (Phi) is 3.10. The Bertz CT molecular complexity index is 618. The van der Waals surface area contributed by atoms with Crippen LogP contribution >= 0.6 is 11.3 Å². The van der Waals surface area contributed by atoms with Crippen LogP contribution in [0.2, 0.25) is 0 Å². The van der Waals surface area contributed by atoms with E-state index >= 15 is 0 Å². The van der Waals surface area contributed by atoms with Gasteiger partial charge in [0.15, 0.2) is 0 Å². The fourth-order valence-corrected chi connectivity index (χ4v) is 4.15. The molecular weight excluding hydrogens is 284 g/mol. The van der Waals surface area contributed by atoms with Crippen LogP contribution < -0.4 is 10.6 Å². The van der Waals surface area contributed by atoms with Crippen molar-refractivity contribution in [2.45, 2.75) is 31.7 Å². The molecular formula is C16H18N2O2S. The minimum absolute atomic E-state index is 0.0646. The molecule has 0 spiro atoms. The van der Waals surface area contributed by atoms with Crippen LogP contribution in [-0.4, -0.2) is 17.9 Å². The van der Waals surface area contributed by atoms with Crippen LogP contribution in [0.25, 0.3) is 0 Å². The summed E-state index contributed by atoms with van der Waals surface area (Å²) in [5.41, 5.74) is 0.596. The molecule has 2 fully saturated rings. The maximum absolute atomic E-state index is 12.4. The van der Waals surface area contributed by atoms with E-state index in [1.165, 1.54) is 11.3 Å². The lowest BCUT2D eigenvalue weighted by molar-refractivity contribution is -0.120. The van der Waals surface area contributed by atoms with Gasteiger partial charge in [-0.2, -0.15) is 0 Å². The summed E-state index contributed by atoms with van der Waals surface area (Å²) < 4.78 is 0. The second-order valence-electron chi connectivity index (χ2n) is 6.29. The zero-order valence-corrected chi connectivity index (χ0v) is 12.5. The van der Waals surface area contributed by atoms with Gasteiger partial charge in [-0.1, -0.05) is 12.2 Å².